The lowest BCUT2D eigenvalue weighted by Gasteiger charge is -2.17. The Kier molecular flexibility index (Phi) is 4.14. The summed E-state index contributed by atoms with van der Waals surface area (Å²) >= 11 is 0. The molecule has 1 aliphatic heterocycles. The average molecular weight is 335 g/mol. The second-order valence-corrected chi connectivity index (χ2v) is 6.49. The number of para-hydroxylation sites is 1. The number of amides is 1. The smallest absolute Gasteiger partial charge is 0.255 e. The highest BCUT2D eigenvalue weighted by atomic mass is 19.1. The molecule has 1 amide bonds. The third kappa shape index (κ3) is 3.22. The van der Waals surface area contributed by atoms with E-state index in [4.69, 9.17) is 0 Å². The maximum Gasteiger partial charge on any atom is 0.255 e. The minimum Gasteiger partial charge on any atom is -0.338 e. The number of hydrogen-bond acceptors (Lipinski definition) is 3. The summed E-state index contributed by atoms with van der Waals surface area (Å²) in [6.45, 7) is 1.38. The lowest BCUT2D eigenvalue weighted by atomic mass is 9.96. The van der Waals surface area contributed by atoms with E-state index in [1.54, 1.807) is 4.90 Å². The molecule has 0 N–H and O–H groups in total. The number of hydrogen-bond donors (Lipinski definition) is 0. The van der Waals surface area contributed by atoms with E-state index < -0.39 is 5.82 Å². The number of carbonyl (C=O) groups excluding carboxylic acids is 1. The molecule has 3 heterocycles. The van der Waals surface area contributed by atoms with Gasteiger partial charge in [0.05, 0.1) is 17.3 Å². The van der Waals surface area contributed by atoms with Crippen molar-refractivity contribution in [3.63, 3.8) is 0 Å². The van der Waals surface area contributed by atoms with Gasteiger partial charge in [-0.15, -0.1) is 0 Å². The minimum absolute atomic E-state index is 0.144. The van der Waals surface area contributed by atoms with E-state index in [1.165, 1.54) is 23.2 Å². The first-order valence-corrected chi connectivity index (χ1v) is 8.43. The molecule has 0 saturated carbocycles. The molecule has 1 fully saturated rings. The zero-order chi connectivity index (χ0) is 17.2. The van der Waals surface area contributed by atoms with E-state index in [9.17, 15) is 9.18 Å². The number of halogens is 1. The summed E-state index contributed by atoms with van der Waals surface area (Å²) in [7, 11) is 0. The van der Waals surface area contributed by atoms with Crippen LogP contribution in [0.5, 0.6) is 0 Å². The number of fused-ring (bicyclic) bond motifs is 1. The molecule has 1 saturated heterocycles. The normalized spacial score (nSPS) is 17.2. The van der Waals surface area contributed by atoms with Gasteiger partial charge in [-0.1, -0.05) is 18.2 Å². The quantitative estimate of drug-likeness (QED) is 0.736. The molecular weight excluding hydrogens is 317 g/mol. The zero-order valence-electron chi connectivity index (χ0n) is 13.7. The SMILES string of the molecule is O=C(c1cncc(F)c1)N1CCC(Cc2ccnc3ccccc23)C1. The molecule has 0 bridgehead atoms. The van der Waals surface area contributed by atoms with Gasteiger partial charge in [-0.3, -0.25) is 14.8 Å². The first-order valence-electron chi connectivity index (χ1n) is 8.43. The highest BCUT2D eigenvalue weighted by Crippen LogP contribution is 2.25. The fourth-order valence-electron chi connectivity index (χ4n) is 3.54. The van der Waals surface area contributed by atoms with Crippen molar-refractivity contribution in [2.24, 2.45) is 5.92 Å². The maximum absolute atomic E-state index is 13.3. The fraction of sp³-hybridized carbons (Fsp3) is 0.250. The summed E-state index contributed by atoms with van der Waals surface area (Å²) in [4.78, 5) is 22.5. The predicted octanol–water partition coefficient (Wildman–Crippen LogP) is 3.47. The summed E-state index contributed by atoms with van der Waals surface area (Å²) in [5.41, 5.74) is 2.57. The molecule has 0 radical (unpaired) electrons. The Hall–Kier alpha value is -2.82. The summed E-state index contributed by atoms with van der Waals surface area (Å²) in [5, 5.41) is 1.17. The second-order valence-electron chi connectivity index (χ2n) is 6.49. The predicted molar refractivity (Wildman–Crippen MR) is 93.7 cm³/mol. The van der Waals surface area contributed by atoms with Crippen molar-refractivity contribution in [1.82, 2.24) is 14.9 Å². The molecule has 1 unspecified atom stereocenters. The lowest BCUT2D eigenvalue weighted by Crippen LogP contribution is -2.29. The van der Waals surface area contributed by atoms with Gasteiger partial charge in [-0.25, -0.2) is 4.39 Å². The zero-order valence-corrected chi connectivity index (χ0v) is 13.7. The summed E-state index contributed by atoms with van der Waals surface area (Å²) in [6.07, 6.45) is 6.24. The Morgan fingerprint density at radius 2 is 2.12 bits per heavy atom. The van der Waals surface area contributed by atoms with Crippen molar-refractivity contribution >= 4 is 16.8 Å². The van der Waals surface area contributed by atoms with Crippen LogP contribution in [-0.2, 0) is 6.42 Å². The third-order valence-electron chi connectivity index (χ3n) is 4.77. The number of rotatable bonds is 3. The van der Waals surface area contributed by atoms with Crippen LogP contribution in [0.3, 0.4) is 0 Å². The molecule has 1 atom stereocenters. The first kappa shape index (κ1) is 15.7. The van der Waals surface area contributed by atoms with E-state index in [-0.39, 0.29) is 5.91 Å². The number of benzene rings is 1. The number of likely N-dealkylation sites (tertiary alicyclic amines) is 1. The average Bonchev–Trinajstić information content (AvgIpc) is 3.10. The van der Waals surface area contributed by atoms with Crippen LogP contribution in [0.4, 0.5) is 4.39 Å². The van der Waals surface area contributed by atoms with E-state index in [0.29, 0.717) is 24.6 Å². The van der Waals surface area contributed by atoms with Crippen LogP contribution >= 0.6 is 0 Å². The van der Waals surface area contributed by atoms with Crippen molar-refractivity contribution < 1.29 is 9.18 Å². The topological polar surface area (TPSA) is 46.1 Å². The van der Waals surface area contributed by atoms with E-state index >= 15 is 0 Å². The van der Waals surface area contributed by atoms with Crippen LogP contribution in [0.1, 0.15) is 22.3 Å². The molecule has 5 heteroatoms. The standard InChI is InChI=1S/C20H18FN3O/c21-17-10-16(11-22-12-17)20(25)24-8-6-14(13-24)9-15-5-7-23-19-4-2-1-3-18(15)19/h1-5,7,10-12,14H,6,8-9,13H2. The number of pyridine rings is 2. The first-order chi connectivity index (χ1) is 12.2. The Morgan fingerprint density at radius 3 is 3.00 bits per heavy atom. The maximum atomic E-state index is 13.3. The molecule has 3 aromatic rings. The Bertz CT molecular complexity index is 922. The van der Waals surface area contributed by atoms with Crippen LogP contribution in [0.2, 0.25) is 0 Å². The number of carbonyl (C=O) groups is 1. The van der Waals surface area contributed by atoms with Gasteiger partial charge in [0.15, 0.2) is 0 Å². The van der Waals surface area contributed by atoms with Crippen molar-refractivity contribution in [3.8, 4) is 0 Å². The van der Waals surface area contributed by atoms with Crippen molar-refractivity contribution in [2.45, 2.75) is 12.8 Å². The molecule has 4 nitrogen and oxygen atoms in total. The lowest BCUT2D eigenvalue weighted by molar-refractivity contribution is 0.0786. The van der Waals surface area contributed by atoms with E-state index in [1.807, 2.05) is 24.4 Å². The van der Waals surface area contributed by atoms with Gasteiger partial charge in [0.1, 0.15) is 5.82 Å². The largest absolute Gasteiger partial charge is 0.338 e. The van der Waals surface area contributed by atoms with Gasteiger partial charge in [0, 0.05) is 30.9 Å². The summed E-state index contributed by atoms with van der Waals surface area (Å²) in [5.74, 6) is -0.227. The molecule has 4 rings (SSSR count). The van der Waals surface area contributed by atoms with Crippen molar-refractivity contribution in [1.29, 1.82) is 0 Å². The summed E-state index contributed by atoms with van der Waals surface area (Å²) < 4.78 is 13.3. The molecule has 25 heavy (non-hydrogen) atoms. The van der Waals surface area contributed by atoms with E-state index in [0.717, 1.165) is 24.6 Å². The Labute approximate surface area is 145 Å². The van der Waals surface area contributed by atoms with E-state index in [2.05, 4.69) is 22.1 Å². The highest BCUT2D eigenvalue weighted by Gasteiger charge is 2.27. The Balaban J connectivity index is 1.48. The van der Waals surface area contributed by atoms with Crippen LogP contribution < -0.4 is 0 Å². The molecule has 126 valence electrons. The third-order valence-corrected chi connectivity index (χ3v) is 4.77. The van der Waals surface area contributed by atoms with Gasteiger partial charge >= 0.3 is 0 Å². The van der Waals surface area contributed by atoms with Crippen LogP contribution in [0.15, 0.2) is 55.0 Å². The van der Waals surface area contributed by atoms with Crippen LogP contribution in [0.25, 0.3) is 10.9 Å². The molecule has 0 spiro atoms. The fourth-order valence-corrected chi connectivity index (χ4v) is 3.54. The number of nitrogens with zero attached hydrogens (tertiary/aromatic N) is 3. The van der Waals surface area contributed by atoms with Gasteiger partial charge in [0.25, 0.3) is 5.91 Å². The molecule has 0 aliphatic carbocycles. The van der Waals surface area contributed by atoms with Crippen LogP contribution in [0, 0.1) is 11.7 Å². The van der Waals surface area contributed by atoms with Gasteiger partial charge in [-0.2, -0.15) is 0 Å². The van der Waals surface area contributed by atoms with Crippen LogP contribution in [-0.4, -0.2) is 33.9 Å². The molecule has 1 aliphatic rings. The van der Waals surface area contributed by atoms with Crippen molar-refractivity contribution in [2.75, 3.05) is 13.1 Å². The molecule has 2 aromatic heterocycles. The number of aromatic nitrogens is 2. The van der Waals surface area contributed by atoms with Gasteiger partial charge in [0.2, 0.25) is 0 Å². The van der Waals surface area contributed by atoms with Gasteiger partial charge in [-0.05, 0) is 42.5 Å². The molecular formula is C20H18FN3O. The highest BCUT2D eigenvalue weighted by molar-refractivity contribution is 5.94. The minimum atomic E-state index is -0.482. The second kappa shape index (κ2) is 6.59. The molecule has 1 aromatic carbocycles. The monoisotopic (exact) mass is 335 g/mol. The van der Waals surface area contributed by atoms with Gasteiger partial charge < -0.3 is 4.90 Å². The van der Waals surface area contributed by atoms with Crippen molar-refractivity contribution in [3.05, 3.63) is 71.9 Å². The Morgan fingerprint density at radius 1 is 1.24 bits per heavy atom. The summed E-state index contributed by atoms with van der Waals surface area (Å²) in [6, 6.07) is 11.4.